The largest absolute Gasteiger partial charge is 0.394 e. The minimum Gasteiger partial charge on any atom is -0.394 e. The van der Waals surface area contributed by atoms with Crippen LogP contribution in [0.1, 0.15) is 38.8 Å². The van der Waals surface area contributed by atoms with Gasteiger partial charge in [0, 0.05) is 12.1 Å². The Kier molecular flexibility index (Phi) is 8.82. The fourth-order valence-electron chi connectivity index (χ4n) is 4.26. The van der Waals surface area contributed by atoms with E-state index in [1.165, 1.54) is 9.80 Å². The fourth-order valence-corrected chi connectivity index (χ4v) is 4.26. The minimum atomic E-state index is -0.705. The lowest BCUT2D eigenvalue weighted by Crippen LogP contribution is -2.57. The highest BCUT2D eigenvalue weighted by Crippen LogP contribution is 2.30. The molecule has 1 aliphatic heterocycles. The van der Waals surface area contributed by atoms with Crippen molar-refractivity contribution in [3.05, 3.63) is 78.0 Å². The average Bonchev–Trinajstić information content (AvgIpc) is 2.84. The summed E-state index contributed by atoms with van der Waals surface area (Å²) in [5, 5.41) is 12.7. The van der Waals surface area contributed by atoms with Crippen LogP contribution in [0.3, 0.4) is 0 Å². The Balaban J connectivity index is 1.90. The van der Waals surface area contributed by atoms with Gasteiger partial charge in [0.15, 0.2) is 0 Å². The molecule has 0 aromatic heterocycles. The first kappa shape index (κ1) is 26.2. The summed E-state index contributed by atoms with van der Waals surface area (Å²) in [6.45, 7) is 6.97. The predicted octanol–water partition coefficient (Wildman–Crippen LogP) is 3.06. The van der Waals surface area contributed by atoms with Crippen molar-refractivity contribution in [1.82, 2.24) is 15.1 Å². The molecular weight excluding hydrogens is 442 g/mol. The van der Waals surface area contributed by atoms with Crippen LogP contribution in [0.25, 0.3) is 5.70 Å². The maximum Gasteiger partial charge on any atom is 0.250 e. The zero-order valence-electron chi connectivity index (χ0n) is 20.8. The third-order valence-corrected chi connectivity index (χ3v) is 6.03. The normalized spacial score (nSPS) is 16.9. The van der Waals surface area contributed by atoms with Gasteiger partial charge in [0.2, 0.25) is 11.8 Å². The van der Waals surface area contributed by atoms with Crippen molar-refractivity contribution in [2.24, 2.45) is 11.8 Å². The standard InChI is InChI=1S/C28H35N3O4/c1-19(2)26-28(35)30(17-25(33)29-23(18-32)15-21-11-7-5-8-12-21)24(22-13-9-6-10-14-22)16-31(26)27(34)20(3)4/h5-14,16,19-20,23,26,32H,15,17-18H2,1-4H3,(H,29,33)/t23-,26?/m0/s1. The molecule has 2 N–H and O–H groups in total. The van der Waals surface area contributed by atoms with E-state index < -0.39 is 12.1 Å². The number of carbonyl (C=O) groups excluding carboxylic acids is 3. The smallest absolute Gasteiger partial charge is 0.250 e. The lowest BCUT2D eigenvalue weighted by molar-refractivity contribution is -0.147. The van der Waals surface area contributed by atoms with E-state index in [1.54, 1.807) is 6.20 Å². The van der Waals surface area contributed by atoms with Gasteiger partial charge in [-0.25, -0.2) is 0 Å². The molecule has 7 heteroatoms. The zero-order valence-corrected chi connectivity index (χ0v) is 20.8. The summed E-state index contributed by atoms with van der Waals surface area (Å²) in [6.07, 6.45) is 2.17. The lowest BCUT2D eigenvalue weighted by Gasteiger charge is -2.41. The summed E-state index contributed by atoms with van der Waals surface area (Å²) in [5.41, 5.74) is 2.23. The molecule has 7 nitrogen and oxygen atoms in total. The summed E-state index contributed by atoms with van der Waals surface area (Å²) in [4.78, 5) is 42.8. The Morgan fingerprint density at radius 3 is 2.11 bits per heavy atom. The van der Waals surface area contributed by atoms with E-state index in [0.717, 1.165) is 11.1 Å². The van der Waals surface area contributed by atoms with Gasteiger partial charge in [-0.1, -0.05) is 88.4 Å². The van der Waals surface area contributed by atoms with Crippen LogP contribution in [0.2, 0.25) is 0 Å². The summed E-state index contributed by atoms with van der Waals surface area (Å²) in [7, 11) is 0. The molecule has 2 atom stereocenters. The number of rotatable bonds is 9. The Morgan fingerprint density at radius 2 is 1.57 bits per heavy atom. The summed E-state index contributed by atoms with van der Waals surface area (Å²) in [5.74, 6) is -1.24. The van der Waals surface area contributed by atoms with Gasteiger partial charge in [-0.15, -0.1) is 0 Å². The quantitative estimate of drug-likeness (QED) is 0.581. The maximum absolute atomic E-state index is 13.7. The van der Waals surface area contributed by atoms with Crippen molar-refractivity contribution >= 4 is 23.4 Å². The van der Waals surface area contributed by atoms with Gasteiger partial charge in [0.1, 0.15) is 12.6 Å². The van der Waals surface area contributed by atoms with Crippen molar-refractivity contribution in [2.45, 2.75) is 46.2 Å². The number of carbonyl (C=O) groups is 3. The van der Waals surface area contributed by atoms with Crippen molar-refractivity contribution < 1.29 is 19.5 Å². The van der Waals surface area contributed by atoms with Crippen molar-refractivity contribution in [3.8, 4) is 0 Å². The maximum atomic E-state index is 13.7. The summed E-state index contributed by atoms with van der Waals surface area (Å²) >= 11 is 0. The zero-order chi connectivity index (χ0) is 25.5. The molecular formula is C28H35N3O4. The van der Waals surface area contributed by atoms with Gasteiger partial charge in [-0.3, -0.25) is 19.3 Å². The van der Waals surface area contributed by atoms with Crippen LogP contribution in [0.5, 0.6) is 0 Å². The third kappa shape index (κ3) is 6.36. The van der Waals surface area contributed by atoms with Gasteiger partial charge >= 0.3 is 0 Å². The van der Waals surface area contributed by atoms with E-state index in [1.807, 2.05) is 88.4 Å². The van der Waals surface area contributed by atoms with Crippen LogP contribution in [-0.4, -0.2) is 57.9 Å². The molecule has 2 aromatic carbocycles. The highest BCUT2D eigenvalue weighted by Gasteiger charge is 2.41. The van der Waals surface area contributed by atoms with Crippen LogP contribution in [0.15, 0.2) is 66.9 Å². The number of benzene rings is 2. The van der Waals surface area contributed by atoms with Crippen molar-refractivity contribution in [1.29, 1.82) is 0 Å². The number of aliphatic hydroxyl groups is 1. The van der Waals surface area contributed by atoms with Crippen LogP contribution in [0.4, 0.5) is 0 Å². The van der Waals surface area contributed by atoms with E-state index in [2.05, 4.69) is 5.32 Å². The first-order chi connectivity index (χ1) is 16.7. The molecule has 2 aromatic rings. The second-order valence-electron chi connectivity index (χ2n) is 9.53. The average molecular weight is 478 g/mol. The van der Waals surface area contributed by atoms with Gasteiger partial charge in [-0.05, 0) is 23.5 Å². The minimum absolute atomic E-state index is 0.141. The van der Waals surface area contributed by atoms with E-state index in [0.29, 0.717) is 12.1 Å². The number of aliphatic hydroxyl groups excluding tert-OH is 1. The first-order valence-electron chi connectivity index (χ1n) is 12.1. The Labute approximate surface area is 207 Å². The first-order valence-corrected chi connectivity index (χ1v) is 12.1. The van der Waals surface area contributed by atoms with Gasteiger partial charge in [0.25, 0.3) is 5.91 Å². The van der Waals surface area contributed by atoms with Gasteiger partial charge < -0.3 is 15.3 Å². The molecule has 1 unspecified atom stereocenters. The fraction of sp³-hybridized carbons (Fsp3) is 0.393. The molecule has 0 fully saturated rings. The monoisotopic (exact) mass is 477 g/mol. The van der Waals surface area contributed by atoms with Gasteiger partial charge in [-0.2, -0.15) is 0 Å². The van der Waals surface area contributed by atoms with E-state index in [4.69, 9.17) is 0 Å². The van der Waals surface area contributed by atoms with Gasteiger partial charge in [0.05, 0.1) is 18.3 Å². The van der Waals surface area contributed by atoms with Crippen LogP contribution < -0.4 is 5.32 Å². The highest BCUT2D eigenvalue weighted by atomic mass is 16.3. The Hall–Kier alpha value is -3.45. The van der Waals surface area contributed by atoms with E-state index in [9.17, 15) is 19.5 Å². The molecule has 3 amide bonds. The number of nitrogens with one attached hydrogen (secondary N) is 1. The Morgan fingerprint density at radius 1 is 0.971 bits per heavy atom. The molecule has 0 spiro atoms. The second-order valence-corrected chi connectivity index (χ2v) is 9.53. The van der Waals surface area contributed by atoms with E-state index >= 15 is 0 Å². The molecule has 0 aliphatic carbocycles. The second kappa shape index (κ2) is 11.8. The van der Waals surface area contributed by atoms with Crippen LogP contribution in [0, 0.1) is 11.8 Å². The number of nitrogens with zero attached hydrogens (tertiary/aromatic N) is 2. The molecule has 0 radical (unpaired) electrons. The molecule has 186 valence electrons. The SMILES string of the molecule is CC(C)C(=O)N1C=C(c2ccccc2)N(CC(=O)N[C@H](CO)Cc2ccccc2)C(=O)C1C(C)C. The number of hydrogen-bond acceptors (Lipinski definition) is 4. The molecule has 0 bridgehead atoms. The molecule has 3 rings (SSSR count). The molecule has 0 saturated heterocycles. The van der Waals surface area contributed by atoms with E-state index in [-0.39, 0.29) is 42.7 Å². The Bertz CT molecular complexity index is 1050. The lowest BCUT2D eigenvalue weighted by atomic mass is 9.95. The van der Waals surface area contributed by atoms with Crippen LogP contribution in [-0.2, 0) is 20.8 Å². The number of hydrogen-bond donors (Lipinski definition) is 2. The molecule has 35 heavy (non-hydrogen) atoms. The topological polar surface area (TPSA) is 90.0 Å². The van der Waals surface area contributed by atoms with Crippen molar-refractivity contribution in [2.75, 3.05) is 13.2 Å². The van der Waals surface area contributed by atoms with Crippen LogP contribution >= 0.6 is 0 Å². The predicted molar refractivity (Wildman–Crippen MR) is 136 cm³/mol. The summed E-state index contributed by atoms with van der Waals surface area (Å²) in [6, 6.07) is 17.7. The highest BCUT2D eigenvalue weighted by molar-refractivity contribution is 6.00. The molecule has 0 saturated carbocycles. The molecule has 1 heterocycles. The summed E-state index contributed by atoms with van der Waals surface area (Å²) < 4.78 is 0. The number of amides is 3. The third-order valence-electron chi connectivity index (χ3n) is 6.03. The van der Waals surface area contributed by atoms with Crippen molar-refractivity contribution in [3.63, 3.8) is 0 Å². The molecule has 1 aliphatic rings.